The third kappa shape index (κ3) is 8.74. The van der Waals surface area contributed by atoms with Crippen LogP contribution in [0.4, 0.5) is 23.7 Å². The standard InChI is InChI=1S/C32H30ClF3N2O3/c33-30-25(14-7-17-29(30)32(34,35)36)21-38(18-9-19-41-27-16-8-15-26(20-27)37-31(39)40)22-28(23-10-3-1-4-11-23)24-12-5-2-6-13-24/h1-8,10-17,20,28,37H,9,18-19,21-22H2,(H,39,40). The molecule has 2 N–H and O–H groups in total. The van der Waals surface area contributed by atoms with Crippen molar-refractivity contribution in [1.82, 2.24) is 4.90 Å². The second-order valence-corrected chi connectivity index (χ2v) is 9.92. The third-order valence-corrected chi connectivity index (χ3v) is 7.04. The molecular weight excluding hydrogens is 553 g/mol. The van der Waals surface area contributed by atoms with Gasteiger partial charge in [0.1, 0.15) is 5.75 Å². The van der Waals surface area contributed by atoms with Crippen molar-refractivity contribution in [2.45, 2.75) is 25.1 Å². The molecule has 214 valence electrons. The average Bonchev–Trinajstić information content (AvgIpc) is 2.95. The van der Waals surface area contributed by atoms with Gasteiger partial charge in [-0.1, -0.05) is 90.5 Å². The quantitative estimate of drug-likeness (QED) is 0.164. The molecular formula is C32H30ClF3N2O3. The van der Waals surface area contributed by atoms with Crippen LogP contribution in [-0.2, 0) is 12.7 Å². The maximum Gasteiger partial charge on any atom is 0.417 e. The fourth-order valence-corrected chi connectivity index (χ4v) is 4.99. The number of halogens is 4. The molecule has 0 spiro atoms. The lowest BCUT2D eigenvalue weighted by Gasteiger charge is -2.29. The van der Waals surface area contributed by atoms with Crippen LogP contribution in [0.5, 0.6) is 5.75 Å². The Hall–Kier alpha value is -4.01. The molecule has 0 bridgehead atoms. The monoisotopic (exact) mass is 582 g/mol. The number of ether oxygens (including phenoxy) is 1. The van der Waals surface area contributed by atoms with Gasteiger partial charge in [-0.15, -0.1) is 0 Å². The largest absolute Gasteiger partial charge is 0.493 e. The minimum atomic E-state index is -4.55. The molecule has 4 aromatic carbocycles. The molecule has 0 atom stereocenters. The molecule has 0 aliphatic carbocycles. The number of nitrogens with one attached hydrogen (secondary N) is 1. The van der Waals surface area contributed by atoms with Gasteiger partial charge in [0.15, 0.2) is 0 Å². The van der Waals surface area contributed by atoms with E-state index in [0.29, 0.717) is 43.1 Å². The molecule has 0 aliphatic heterocycles. The van der Waals surface area contributed by atoms with Crippen molar-refractivity contribution in [3.63, 3.8) is 0 Å². The number of alkyl halides is 3. The Labute approximate surface area is 242 Å². The summed E-state index contributed by atoms with van der Waals surface area (Å²) in [5, 5.41) is 10.9. The molecule has 0 aliphatic rings. The number of nitrogens with zero attached hydrogens (tertiary/aromatic N) is 1. The summed E-state index contributed by atoms with van der Waals surface area (Å²) in [6.07, 6.45) is -5.15. The van der Waals surface area contributed by atoms with Crippen molar-refractivity contribution in [2.24, 2.45) is 0 Å². The number of benzene rings is 4. The van der Waals surface area contributed by atoms with Crippen LogP contribution in [0, 0.1) is 0 Å². The van der Waals surface area contributed by atoms with Crippen LogP contribution in [0.3, 0.4) is 0 Å². The van der Waals surface area contributed by atoms with Crippen LogP contribution in [0.15, 0.2) is 103 Å². The van der Waals surface area contributed by atoms with E-state index in [-0.39, 0.29) is 17.5 Å². The molecule has 0 saturated carbocycles. The summed E-state index contributed by atoms with van der Waals surface area (Å²) in [6, 6.07) is 30.6. The smallest absolute Gasteiger partial charge is 0.417 e. The van der Waals surface area contributed by atoms with Gasteiger partial charge < -0.3 is 9.84 Å². The minimum absolute atomic E-state index is 0.0262. The number of hydrogen-bond donors (Lipinski definition) is 2. The number of rotatable bonds is 12. The maximum absolute atomic E-state index is 13.6. The van der Waals surface area contributed by atoms with Gasteiger partial charge in [0, 0.05) is 37.3 Å². The molecule has 0 heterocycles. The summed E-state index contributed by atoms with van der Waals surface area (Å²) in [4.78, 5) is 13.0. The first-order valence-corrected chi connectivity index (χ1v) is 13.5. The van der Waals surface area contributed by atoms with Crippen molar-refractivity contribution in [3.05, 3.63) is 130 Å². The number of amides is 1. The number of carbonyl (C=O) groups is 1. The SMILES string of the molecule is O=C(O)Nc1cccc(OCCCN(Cc2cccc(C(F)(F)F)c2Cl)CC(c2ccccc2)c2ccccc2)c1. The Balaban J connectivity index is 1.54. The molecule has 9 heteroatoms. The molecule has 4 rings (SSSR count). The van der Waals surface area contributed by atoms with Crippen molar-refractivity contribution < 1.29 is 27.8 Å². The van der Waals surface area contributed by atoms with Gasteiger partial charge in [-0.05, 0) is 41.3 Å². The Morgan fingerprint density at radius 1 is 0.902 bits per heavy atom. The van der Waals surface area contributed by atoms with Gasteiger partial charge in [0.25, 0.3) is 0 Å². The fourth-order valence-electron chi connectivity index (χ4n) is 4.69. The van der Waals surface area contributed by atoms with E-state index < -0.39 is 17.8 Å². The second kappa shape index (κ2) is 14.1. The van der Waals surface area contributed by atoms with E-state index in [4.69, 9.17) is 21.4 Å². The van der Waals surface area contributed by atoms with Crippen LogP contribution < -0.4 is 10.1 Å². The lowest BCUT2D eigenvalue weighted by atomic mass is 9.90. The molecule has 0 saturated heterocycles. The highest BCUT2D eigenvalue weighted by atomic mass is 35.5. The first-order chi connectivity index (χ1) is 19.7. The van der Waals surface area contributed by atoms with E-state index in [2.05, 4.69) is 10.2 Å². The normalized spacial score (nSPS) is 11.6. The fraction of sp³-hybridized carbons (Fsp3) is 0.219. The van der Waals surface area contributed by atoms with Gasteiger partial charge in [-0.2, -0.15) is 13.2 Å². The van der Waals surface area contributed by atoms with Gasteiger partial charge in [-0.3, -0.25) is 10.2 Å². The van der Waals surface area contributed by atoms with Crippen LogP contribution in [0.2, 0.25) is 5.02 Å². The van der Waals surface area contributed by atoms with E-state index in [1.807, 2.05) is 60.7 Å². The van der Waals surface area contributed by atoms with E-state index in [1.165, 1.54) is 6.07 Å². The minimum Gasteiger partial charge on any atom is -0.493 e. The van der Waals surface area contributed by atoms with E-state index in [1.54, 1.807) is 30.3 Å². The Morgan fingerprint density at radius 3 is 2.15 bits per heavy atom. The average molecular weight is 583 g/mol. The van der Waals surface area contributed by atoms with Crippen molar-refractivity contribution >= 4 is 23.4 Å². The van der Waals surface area contributed by atoms with Crippen LogP contribution in [-0.4, -0.2) is 35.8 Å². The summed E-state index contributed by atoms with van der Waals surface area (Å²) < 4.78 is 46.6. The zero-order valence-corrected chi connectivity index (χ0v) is 22.9. The third-order valence-electron chi connectivity index (χ3n) is 6.60. The number of carboxylic acid groups (broad SMARTS) is 1. The second-order valence-electron chi connectivity index (χ2n) is 9.55. The highest BCUT2D eigenvalue weighted by molar-refractivity contribution is 6.32. The summed E-state index contributed by atoms with van der Waals surface area (Å²) in [5.41, 5.74) is 2.13. The molecule has 0 fully saturated rings. The topological polar surface area (TPSA) is 61.8 Å². The molecule has 5 nitrogen and oxygen atoms in total. The van der Waals surface area contributed by atoms with Crippen molar-refractivity contribution in [2.75, 3.05) is 25.0 Å². The predicted molar refractivity (Wildman–Crippen MR) is 155 cm³/mol. The Bertz CT molecular complexity index is 1380. The highest BCUT2D eigenvalue weighted by Crippen LogP contribution is 2.37. The molecule has 0 aromatic heterocycles. The summed E-state index contributed by atoms with van der Waals surface area (Å²) in [6.45, 7) is 1.61. The molecule has 41 heavy (non-hydrogen) atoms. The van der Waals surface area contributed by atoms with Crippen molar-refractivity contribution in [3.8, 4) is 5.75 Å². The first kappa shape index (κ1) is 30.0. The maximum atomic E-state index is 13.6. The van der Waals surface area contributed by atoms with E-state index in [9.17, 15) is 18.0 Å². The van der Waals surface area contributed by atoms with Crippen LogP contribution in [0.1, 0.15) is 34.6 Å². The molecule has 0 unspecified atom stereocenters. The zero-order valence-electron chi connectivity index (χ0n) is 22.2. The highest BCUT2D eigenvalue weighted by Gasteiger charge is 2.34. The molecule has 4 aromatic rings. The van der Waals surface area contributed by atoms with Crippen LogP contribution in [0.25, 0.3) is 0 Å². The zero-order chi connectivity index (χ0) is 29.2. The van der Waals surface area contributed by atoms with E-state index in [0.717, 1.165) is 17.2 Å². The van der Waals surface area contributed by atoms with Gasteiger partial charge in [0.2, 0.25) is 0 Å². The van der Waals surface area contributed by atoms with E-state index >= 15 is 0 Å². The first-order valence-electron chi connectivity index (χ1n) is 13.1. The molecule has 1 amide bonds. The lowest BCUT2D eigenvalue weighted by Crippen LogP contribution is -2.31. The van der Waals surface area contributed by atoms with Crippen molar-refractivity contribution in [1.29, 1.82) is 0 Å². The Morgan fingerprint density at radius 2 is 1.54 bits per heavy atom. The van der Waals surface area contributed by atoms with Gasteiger partial charge in [-0.25, -0.2) is 4.79 Å². The predicted octanol–water partition coefficient (Wildman–Crippen LogP) is 8.55. The van der Waals surface area contributed by atoms with Gasteiger partial charge in [0.05, 0.1) is 17.2 Å². The van der Waals surface area contributed by atoms with Crippen LogP contribution >= 0.6 is 11.6 Å². The summed E-state index contributed by atoms with van der Waals surface area (Å²) in [7, 11) is 0. The number of anilines is 1. The molecule has 0 radical (unpaired) electrons. The summed E-state index contributed by atoms with van der Waals surface area (Å²) >= 11 is 6.28. The summed E-state index contributed by atoms with van der Waals surface area (Å²) in [5.74, 6) is 0.483. The lowest BCUT2D eigenvalue weighted by molar-refractivity contribution is -0.137. The Kier molecular flexibility index (Phi) is 10.3. The number of hydrogen-bond acceptors (Lipinski definition) is 3. The van der Waals surface area contributed by atoms with Gasteiger partial charge >= 0.3 is 12.3 Å².